The zero-order valence-electron chi connectivity index (χ0n) is 10.9. The molecule has 0 aliphatic rings. The van der Waals surface area contributed by atoms with Crippen molar-refractivity contribution in [2.45, 2.75) is 19.4 Å². The van der Waals surface area contributed by atoms with Crippen LogP contribution in [0.2, 0.25) is 10.0 Å². The summed E-state index contributed by atoms with van der Waals surface area (Å²) < 4.78 is 24.7. The van der Waals surface area contributed by atoms with Gasteiger partial charge in [0.1, 0.15) is 0 Å². The van der Waals surface area contributed by atoms with Crippen LogP contribution < -0.4 is 10.0 Å². The molecule has 19 heavy (non-hydrogen) atoms. The Labute approximate surface area is 124 Å². The van der Waals surface area contributed by atoms with Crippen molar-refractivity contribution < 1.29 is 8.42 Å². The molecule has 0 bridgehead atoms. The van der Waals surface area contributed by atoms with Crippen molar-refractivity contribution in [1.82, 2.24) is 10.0 Å². The summed E-state index contributed by atoms with van der Waals surface area (Å²) in [5, 5.41) is 4.29. The summed E-state index contributed by atoms with van der Waals surface area (Å²) in [7, 11) is -1.71. The molecule has 0 saturated heterocycles. The van der Waals surface area contributed by atoms with Crippen LogP contribution in [-0.4, -0.2) is 27.8 Å². The molecule has 1 aromatic rings. The van der Waals surface area contributed by atoms with Crippen LogP contribution in [0.3, 0.4) is 0 Å². The van der Waals surface area contributed by atoms with Crippen molar-refractivity contribution in [2.24, 2.45) is 0 Å². The number of nitrogens with one attached hydrogen (secondary N) is 2. The topological polar surface area (TPSA) is 58.2 Å². The summed E-state index contributed by atoms with van der Waals surface area (Å²) in [4.78, 5) is 0. The fourth-order valence-corrected chi connectivity index (χ4v) is 2.62. The predicted octanol–water partition coefficient (Wildman–Crippen LogP) is 2.58. The molecule has 1 aromatic carbocycles. The highest BCUT2D eigenvalue weighted by Gasteiger charge is 2.09. The minimum Gasteiger partial charge on any atom is -0.310 e. The largest absolute Gasteiger partial charge is 0.310 e. The molecule has 0 amide bonds. The first kappa shape index (κ1) is 16.7. The van der Waals surface area contributed by atoms with Crippen molar-refractivity contribution in [2.75, 3.05) is 19.3 Å². The molecule has 0 heterocycles. The number of sulfonamides is 1. The first-order valence-corrected chi connectivity index (χ1v) is 8.36. The lowest BCUT2D eigenvalue weighted by Crippen LogP contribution is -2.26. The van der Waals surface area contributed by atoms with Gasteiger partial charge in [-0.25, -0.2) is 13.1 Å². The van der Waals surface area contributed by atoms with Gasteiger partial charge in [-0.3, -0.25) is 0 Å². The first-order valence-electron chi connectivity index (χ1n) is 5.95. The number of rotatable bonds is 7. The molecule has 0 aliphatic heterocycles. The molecule has 108 valence electrons. The molecular weight excluding hydrogens is 307 g/mol. The monoisotopic (exact) mass is 324 g/mol. The Morgan fingerprint density at radius 3 is 2.53 bits per heavy atom. The van der Waals surface area contributed by atoms with Gasteiger partial charge in [0.15, 0.2) is 0 Å². The van der Waals surface area contributed by atoms with E-state index in [2.05, 4.69) is 10.0 Å². The average Bonchev–Trinajstić information content (AvgIpc) is 2.37. The minimum atomic E-state index is -3.12. The van der Waals surface area contributed by atoms with Gasteiger partial charge in [-0.1, -0.05) is 29.3 Å². The van der Waals surface area contributed by atoms with Crippen LogP contribution >= 0.6 is 23.2 Å². The van der Waals surface area contributed by atoms with Crippen molar-refractivity contribution in [3.05, 3.63) is 33.8 Å². The Bertz CT molecular complexity index is 520. The molecule has 7 heteroatoms. The molecule has 0 fully saturated rings. The SMILES string of the molecule is CNS(=O)(=O)CCCN[C@@H](C)c1ccc(Cl)c(Cl)c1. The van der Waals surface area contributed by atoms with Crippen molar-refractivity contribution in [3.63, 3.8) is 0 Å². The quantitative estimate of drug-likeness (QED) is 0.758. The van der Waals surface area contributed by atoms with Gasteiger partial charge in [0, 0.05) is 6.04 Å². The van der Waals surface area contributed by atoms with Crippen LogP contribution in [0.1, 0.15) is 24.9 Å². The highest BCUT2D eigenvalue weighted by atomic mass is 35.5. The third-order valence-corrected chi connectivity index (χ3v) is 4.98. The molecule has 0 aromatic heterocycles. The zero-order chi connectivity index (χ0) is 14.5. The number of hydrogen-bond donors (Lipinski definition) is 2. The Hall–Kier alpha value is -0.330. The van der Waals surface area contributed by atoms with Crippen LogP contribution in [0.5, 0.6) is 0 Å². The van der Waals surface area contributed by atoms with Crippen molar-refractivity contribution >= 4 is 33.2 Å². The lowest BCUT2D eigenvalue weighted by Gasteiger charge is -2.14. The van der Waals surface area contributed by atoms with Crippen LogP contribution in [0.4, 0.5) is 0 Å². The summed E-state index contributed by atoms with van der Waals surface area (Å²) >= 11 is 11.8. The zero-order valence-corrected chi connectivity index (χ0v) is 13.2. The highest BCUT2D eigenvalue weighted by molar-refractivity contribution is 7.89. The van der Waals surface area contributed by atoms with E-state index in [9.17, 15) is 8.42 Å². The second-order valence-electron chi connectivity index (χ2n) is 4.23. The van der Waals surface area contributed by atoms with E-state index in [1.807, 2.05) is 19.1 Å². The smallest absolute Gasteiger partial charge is 0.211 e. The highest BCUT2D eigenvalue weighted by Crippen LogP contribution is 2.25. The fraction of sp³-hybridized carbons (Fsp3) is 0.500. The Morgan fingerprint density at radius 1 is 1.26 bits per heavy atom. The van der Waals surface area contributed by atoms with Gasteiger partial charge in [0.25, 0.3) is 0 Å². The van der Waals surface area contributed by atoms with Gasteiger partial charge in [-0.15, -0.1) is 0 Å². The van der Waals surface area contributed by atoms with Gasteiger partial charge >= 0.3 is 0 Å². The maximum absolute atomic E-state index is 11.2. The van der Waals surface area contributed by atoms with Gasteiger partial charge in [-0.05, 0) is 44.6 Å². The molecule has 1 atom stereocenters. The van der Waals surface area contributed by atoms with Crippen LogP contribution in [0.15, 0.2) is 18.2 Å². The normalized spacial score (nSPS) is 13.5. The Kier molecular flexibility index (Phi) is 6.56. The van der Waals surface area contributed by atoms with E-state index >= 15 is 0 Å². The van der Waals surface area contributed by atoms with Crippen molar-refractivity contribution in [3.8, 4) is 0 Å². The summed E-state index contributed by atoms with van der Waals surface area (Å²) in [6, 6.07) is 5.55. The van der Waals surface area contributed by atoms with Crippen LogP contribution in [0.25, 0.3) is 0 Å². The molecule has 0 saturated carbocycles. The third-order valence-electron chi connectivity index (χ3n) is 2.80. The van der Waals surface area contributed by atoms with Gasteiger partial charge in [-0.2, -0.15) is 0 Å². The molecule has 0 aliphatic carbocycles. The third kappa shape index (κ3) is 5.67. The summed E-state index contributed by atoms with van der Waals surface area (Å²) in [5.74, 6) is 0.116. The Morgan fingerprint density at radius 2 is 1.95 bits per heavy atom. The summed E-state index contributed by atoms with van der Waals surface area (Å²) in [6.45, 7) is 2.61. The van der Waals surface area contributed by atoms with Gasteiger partial charge in [0.05, 0.1) is 15.8 Å². The average molecular weight is 325 g/mol. The van der Waals surface area contributed by atoms with E-state index in [0.717, 1.165) is 5.56 Å². The minimum absolute atomic E-state index is 0.0899. The van der Waals surface area contributed by atoms with E-state index < -0.39 is 10.0 Å². The summed E-state index contributed by atoms with van der Waals surface area (Å²) in [5.41, 5.74) is 1.02. The second kappa shape index (κ2) is 7.45. The molecule has 0 radical (unpaired) electrons. The van der Waals surface area contributed by atoms with Gasteiger partial charge < -0.3 is 5.32 Å². The van der Waals surface area contributed by atoms with E-state index in [4.69, 9.17) is 23.2 Å². The standard InChI is InChI=1S/C12H18Cl2N2O2S/c1-9(10-4-5-11(13)12(14)8-10)16-6-3-7-19(17,18)15-2/h4-5,8-9,15-16H,3,6-7H2,1-2H3/t9-/m0/s1. The maximum atomic E-state index is 11.2. The van der Waals surface area contributed by atoms with E-state index in [1.54, 1.807) is 6.07 Å². The van der Waals surface area contributed by atoms with E-state index in [0.29, 0.717) is 23.0 Å². The molecule has 2 N–H and O–H groups in total. The van der Waals surface area contributed by atoms with E-state index in [1.165, 1.54) is 7.05 Å². The van der Waals surface area contributed by atoms with Crippen molar-refractivity contribution in [1.29, 1.82) is 0 Å². The fourth-order valence-electron chi connectivity index (χ4n) is 1.58. The lowest BCUT2D eigenvalue weighted by atomic mass is 10.1. The Balaban J connectivity index is 2.43. The molecule has 4 nitrogen and oxygen atoms in total. The summed E-state index contributed by atoms with van der Waals surface area (Å²) in [6.07, 6.45) is 0.550. The molecule has 0 unspecified atom stereocenters. The second-order valence-corrected chi connectivity index (χ2v) is 7.09. The number of hydrogen-bond acceptors (Lipinski definition) is 3. The van der Waals surface area contributed by atoms with Crippen LogP contribution in [0, 0.1) is 0 Å². The molecule has 1 rings (SSSR count). The number of halogens is 2. The lowest BCUT2D eigenvalue weighted by molar-refractivity contribution is 0.557. The first-order chi connectivity index (χ1) is 8.85. The molecular formula is C12H18Cl2N2O2S. The maximum Gasteiger partial charge on any atom is 0.211 e. The predicted molar refractivity (Wildman–Crippen MR) is 80.3 cm³/mol. The number of benzene rings is 1. The molecule has 0 spiro atoms. The van der Waals surface area contributed by atoms with Crippen LogP contribution in [-0.2, 0) is 10.0 Å². The van der Waals surface area contributed by atoms with E-state index in [-0.39, 0.29) is 11.8 Å². The van der Waals surface area contributed by atoms with Gasteiger partial charge in [0.2, 0.25) is 10.0 Å².